The highest BCUT2D eigenvalue weighted by Crippen LogP contribution is 2.47. The maximum Gasteiger partial charge on any atom is 0.160 e. The molecule has 14 rings (SSSR count). The van der Waals surface area contributed by atoms with Crippen LogP contribution in [0.25, 0.3) is 145 Å². The van der Waals surface area contributed by atoms with Gasteiger partial charge in [-0.2, -0.15) is 0 Å². The molecular weight excluding hydrogens is 969 g/mol. The van der Waals surface area contributed by atoms with Gasteiger partial charge < -0.3 is 0 Å². The first-order chi connectivity index (χ1) is 39.6. The third-order valence-electron chi connectivity index (χ3n) is 15.2. The highest BCUT2D eigenvalue weighted by molar-refractivity contribution is 6.15. The number of aromatic nitrogens is 4. The maximum absolute atomic E-state index is 5.21. The molecule has 0 saturated heterocycles. The van der Waals surface area contributed by atoms with Gasteiger partial charge in [0.1, 0.15) is 0 Å². The summed E-state index contributed by atoms with van der Waals surface area (Å²) in [7, 11) is 0. The van der Waals surface area contributed by atoms with Crippen molar-refractivity contribution in [3.05, 3.63) is 303 Å². The van der Waals surface area contributed by atoms with Gasteiger partial charge in [-0.15, -0.1) is 0 Å². The van der Waals surface area contributed by atoms with Crippen LogP contribution in [0.15, 0.2) is 303 Å². The van der Waals surface area contributed by atoms with Crippen molar-refractivity contribution in [3.63, 3.8) is 0 Å². The molecule has 0 bridgehead atoms. The quantitative estimate of drug-likeness (QED) is 0.130. The van der Waals surface area contributed by atoms with Crippen molar-refractivity contribution in [1.82, 2.24) is 19.9 Å². The van der Waals surface area contributed by atoms with Gasteiger partial charge in [0.25, 0.3) is 0 Å². The molecular formula is C76H50N4. The Morgan fingerprint density at radius 2 is 0.425 bits per heavy atom. The molecule has 0 fully saturated rings. The molecule has 2 heterocycles. The summed E-state index contributed by atoms with van der Waals surface area (Å²) in [4.78, 5) is 20.7. The van der Waals surface area contributed by atoms with E-state index in [1.807, 2.05) is 48.5 Å². The van der Waals surface area contributed by atoms with E-state index >= 15 is 0 Å². The van der Waals surface area contributed by atoms with Crippen LogP contribution in [0.2, 0.25) is 0 Å². The Morgan fingerprint density at radius 1 is 0.175 bits per heavy atom. The van der Waals surface area contributed by atoms with Crippen LogP contribution in [0.1, 0.15) is 0 Å². The van der Waals surface area contributed by atoms with Crippen molar-refractivity contribution in [2.24, 2.45) is 0 Å². The molecule has 0 radical (unpaired) electrons. The molecule has 0 saturated carbocycles. The minimum Gasteiger partial charge on any atom is -0.228 e. The van der Waals surface area contributed by atoms with E-state index in [2.05, 4.69) is 255 Å². The maximum atomic E-state index is 5.21. The van der Waals surface area contributed by atoms with Crippen LogP contribution in [0.3, 0.4) is 0 Å². The van der Waals surface area contributed by atoms with E-state index in [0.717, 1.165) is 89.5 Å². The van der Waals surface area contributed by atoms with Crippen molar-refractivity contribution < 1.29 is 0 Å². The van der Waals surface area contributed by atoms with Crippen LogP contribution in [0, 0.1) is 0 Å². The first-order valence-corrected chi connectivity index (χ1v) is 27.1. The molecule has 374 valence electrons. The molecule has 0 aliphatic rings. The molecule has 0 unspecified atom stereocenters. The highest BCUT2D eigenvalue weighted by Gasteiger charge is 2.21. The Bertz CT molecular complexity index is 4210. The van der Waals surface area contributed by atoms with Gasteiger partial charge in [0, 0.05) is 33.4 Å². The normalized spacial score (nSPS) is 11.2. The Labute approximate surface area is 465 Å². The van der Waals surface area contributed by atoms with Gasteiger partial charge in [-0.25, -0.2) is 19.9 Å². The minimum absolute atomic E-state index is 0.686. The van der Waals surface area contributed by atoms with Crippen molar-refractivity contribution >= 4 is 21.5 Å². The Balaban J connectivity index is 0.858. The standard InChI is InChI=1S/C76H50N4/c1-5-17-51(18-6-1)53-29-37-59(38-30-53)69-49-71(79-75(77-69)63-23-9-3-10-24-63)61-41-33-57(34-42-61)67-47-45-55-21-13-15-27-65(55)73(67)74-66-28-16-14-22-56(66)46-48-68(74)58-35-43-62(44-36-58)72-50-70(78-76(80-72)64-25-11-4-12-26-64)60-39-31-54(32-40-60)52-19-7-2-8-20-52/h1-50H. The molecule has 4 heteroatoms. The second kappa shape index (κ2) is 21.0. The first-order valence-electron chi connectivity index (χ1n) is 27.1. The SMILES string of the molecule is c1ccc(-c2ccc(-c3cc(-c4ccc(-c5ccc6ccccc6c5-c5c(-c6ccc(-c7cc(-c8ccc(-c9ccccc9)cc8)nc(-c8ccccc8)n7)cc6)ccc6ccccc56)cc4)nc(-c4ccccc4)n3)cc2)cc1. The number of rotatable bonds is 11. The van der Waals surface area contributed by atoms with E-state index in [1.165, 1.54) is 43.8 Å². The molecule has 0 atom stereocenters. The average molecular weight is 1020 g/mol. The number of nitrogens with zero attached hydrogens (tertiary/aromatic N) is 4. The average Bonchev–Trinajstić information content (AvgIpc) is 3.60. The molecule has 2 aromatic heterocycles. The summed E-state index contributed by atoms with van der Waals surface area (Å²) < 4.78 is 0. The Kier molecular flexibility index (Phi) is 12.6. The van der Waals surface area contributed by atoms with Crippen LogP contribution in [0.4, 0.5) is 0 Å². The van der Waals surface area contributed by atoms with Gasteiger partial charge in [-0.3, -0.25) is 0 Å². The largest absolute Gasteiger partial charge is 0.228 e. The fourth-order valence-corrected chi connectivity index (χ4v) is 11.1. The zero-order chi connectivity index (χ0) is 53.2. The van der Waals surface area contributed by atoms with E-state index in [4.69, 9.17) is 19.9 Å². The Morgan fingerprint density at radius 3 is 0.750 bits per heavy atom. The van der Waals surface area contributed by atoms with Crippen LogP contribution in [-0.4, -0.2) is 19.9 Å². The van der Waals surface area contributed by atoms with Crippen molar-refractivity contribution in [2.75, 3.05) is 0 Å². The topological polar surface area (TPSA) is 51.6 Å². The summed E-state index contributed by atoms with van der Waals surface area (Å²) in [5.41, 5.74) is 21.1. The van der Waals surface area contributed by atoms with E-state index in [1.54, 1.807) is 0 Å². The lowest BCUT2D eigenvalue weighted by Gasteiger charge is -2.20. The lowest BCUT2D eigenvalue weighted by molar-refractivity contribution is 1.18. The third kappa shape index (κ3) is 9.42. The second-order valence-electron chi connectivity index (χ2n) is 20.1. The number of hydrogen-bond acceptors (Lipinski definition) is 4. The van der Waals surface area contributed by atoms with Gasteiger partial charge >= 0.3 is 0 Å². The number of hydrogen-bond donors (Lipinski definition) is 0. The summed E-state index contributed by atoms with van der Waals surface area (Å²) in [5.74, 6) is 1.37. The summed E-state index contributed by atoms with van der Waals surface area (Å²) in [6.45, 7) is 0. The second-order valence-corrected chi connectivity index (χ2v) is 20.1. The third-order valence-corrected chi connectivity index (χ3v) is 15.2. The molecule has 0 amide bonds. The molecule has 80 heavy (non-hydrogen) atoms. The smallest absolute Gasteiger partial charge is 0.160 e. The molecule has 0 spiro atoms. The zero-order valence-corrected chi connectivity index (χ0v) is 43.7. The van der Waals surface area contributed by atoms with E-state index < -0.39 is 0 Å². The molecule has 0 N–H and O–H groups in total. The van der Waals surface area contributed by atoms with Crippen molar-refractivity contribution in [2.45, 2.75) is 0 Å². The van der Waals surface area contributed by atoms with Crippen molar-refractivity contribution in [3.8, 4) is 123 Å². The lowest BCUT2D eigenvalue weighted by Crippen LogP contribution is -1.96. The molecule has 12 aromatic carbocycles. The van der Waals surface area contributed by atoms with Crippen LogP contribution in [0.5, 0.6) is 0 Å². The van der Waals surface area contributed by atoms with Gasteiger partial charge in [0.05, 0.1) is 22.8 Å². The molecule has 4 nitrogen and oxygen atoms in total. The Hall–Kier alpha value is -10.7. The number of fused-ring (bicyclic) bond motifs is 2. The lowest BCUT2D eigenvalue weighted by atomic mass is 9.83. The zero-order valence-electron chi connectivity index (χ0n) is 43.7. The van der Waals surface area contributed by atoms with E-state index in [-0.39, 0.29) is 0 Å². The minimum atomic E-state index is 0.686. The van der Waals surface area contributed by atoms with Crippen molar-refractivity contribution in [1.29, 1.82) is 0 Å². The fourth-order valence-electron chi connectivity index (χ4n) is 11.1. The van der Waals surface area contributed by atoms with E-state index in [0.29, 0.717) is 11.6 Å². The first kappa shape index (κ1) is 47.7. The fraction of sp³-hybridized carbons (Fsp3) is 0. The summed E-state index contributed by atoms with van der Waals surface area (Å²) >= 11 is 0. The van der Waals surface area contributed by atoms with Gasteiger partial charge in [0.2, 0.25) is 0 Å². The molecule has 0 aliphatic heterocycles. The van der Waals surface area contributed by atoms with Crippen LogP contribution >= 0.6 is 0 Å². The molecule has 0 aliphatic carbocycles. The summed E-state index contributed by atoms with van der Waals surface area (Å²) in [6, 6.07) is 107. The van der Waals surface area contributed by atoms with Gasteiger partial charge in [0.15, 0.2) is 11.6 Å². The highest BCUT2D eigenvalue weighted by atomic mass is 14.9. The van der Waals surface area contributed by atoms with Gasteiger partial charge in [-0.05, 0) is 89.3 Å². The molecule has 14 aromatic rings. The predicted molar refractivity (Wildman–Crippen MR) is 332 cm³/mol. The number of benzene rings is 12. The predicted octanol–water partition coefficient (Wildman–Crippen LogP) is 19.9. The van der Waals surface area contributed by atoms with E-state index in [9.17, 15) is 0 Å². The monoisotopic (exact) mass is 1020 g/mol. The van der Waals surface area contributed by atoms with Crippen LogP contribution < -0.4 is 0 Å². The summed E-state index contributed by atoms with van der Waals surface area (Å²) in [6.07, 6.45) is 0. The summed E-state index contributed by atoms with van der Waals surface area (Å²) in [5, 5.41) is 4.74. The van der Waals surface area contributed by atoms with Crippen LogP contribution in [-0.2, 0) is 0 Å². The van der Waals surface area contributed by atoms with Gasteiger partial charge in [-0.1, -0.05) is 291 Å².